The Bertz CT molecular complexity index is 888. The van der Waals surface area contributed by atoms with Gasteiger partial charge in [0.05, 0.1) is 12.6 Å². The van der Waals surface area contributed by atoms with Gasteiger partial charge in [-0.05, 0) is 44.3 Å². The summed E-state index contributed by atoms with van der Waals surface area (Å²) in [5.41, 5.74) is 4.19. The second kappa shape index (κ2) is 9.19. The standard InChI is InChI=1S/C22H27N5O/c1-17-9-11-18(12-10-17)21(26(2)3)15-23-22(28)25-20-8-5-4-7-19(20)16-27-14-6-13-24-27/h4-14,21H,15-16H2,1-3H3,(H2,23,25,28)/t21-/m0/s1. The highest BCUT2D eigenvalue weighted by Crippen LogP contribution is 2.19. The zero-order valence-electron chi connectivity index (χ0n) is 16.6. The van der Waals surface area contributed by atoms with Gasteiger partial charge in [0.2, 0.25) is 0 Å². The van der Waals surface area contributed by atoms with E-state index in [1.165, 1.54) is 11.1 Å². The van der Waals surface area contributed by atoms with E-state index in [4.69, 9.17) is 0 Å². The second-order valence-corrected chi connectivity index (χ2v) is 7.09. The van der Waals surface area contributed by atoms with E-state index in [2.05, 4.69) is 51.8 Å². The van der Waals surface area contributed by atoms with Crippen molar-refractivity contribution in [3.63, 3.8) is 0 Å². The lowest BCUT2D eigenvalue weighted by atomic mass is 10.0. The molecule has 28 heavy (non-hydrogen) atoms. The lowest BCUT2D eigenvalue weighted by Crippen LogP contribution is -2.37. The summed E-state index contributed by atoms with van der Waals surface area (Å²) in [5.74, 6) is 0. The highest BCUT2D eigenvalue weighted by molar-refractivity contribution is 5.90. The Morgan fingerprint density at radius 2 is 1.86 bits per heavy atom. The van der Waals surface area contributed by atoms with Crippen LogP contribution in [0.3, 0.4) is 0 Å². The van der Waals surface area contributed by atoms with Crippen molar-refractivity contribution in [2.24, 2.45) is 0 Å². The topological polar surface area (TPSA) is 62.2 Å². The Morgan fingerprint density at radius 1 is 1.11 bits per heavy atom. The zero-order chi connectivity index (χ0) is 19.9. The number of likely N-dealkylation sites (N-methyl/N-ethyl adjacent to an activating group) is 1. The maximum atomic E-state index is 12.5. The van der Waals surface area contributed by atoms with Gasteiger partial charge in [0.1, 0.15) is 0 Å². The molecule has 0 unspecified atom stereocenters. The van der Waals surface area contributed by atoms with Gasteiger partial charge in [0.15, 0.2) is 0 Å². The van der Waals surface area contributed by atoms with E-state index in [0.29, 0.717) is 13.1 Å². The van der Waals surface area contributed by atoms with Crippen molar-refractivity contribution in [2.75, 3.05) is 26.0 Å². The fraction of sp³-hybridized carbons (Fsp3) is 0.273. The number of hydrogen-bond donors (Lipinski definition) is 2. The lowest BCUT2D eigenvalue weighted by Gasteiger charge is -2.25. The number of carbonyl (C=O) groups excluding carboxylic acids is 1. The largest absolute Gasteiger partial charge is 0.336 e. The molecule has 0 fully saturated rings. The van der Waals surface area contributed by atoms with Gasteiger partial charge in [-0.15, -0.1) is 0 Å². The summed E-state index contributed by atoms with van der Waals surface area (Å²) in [4.78, 5) is 14.6. The molecule has 0 saturated heterocycles. The molecule has 0 aliphatic carbocycles. The van der Waals surface area contributed by atoms with Crippen molar-refractivity contribution in [1.82, 2.24) is 20.0 Å². The van der Waals surface area contributed by atoms with Crippen molar-refractivity contribution in [3.05, 3.63) is 83.7 Å². The summed E-state index contributed by atoms with van der Waals surface area (Å²) < 4.78 is 1.83. The number of aromatic nitrogens is 2. The number of benzene rings is 2. The van der Waals surface area contributed by atoms with Crippen LogP contribution in [0.2, 0.25) is 0 Å². The number of urea groups is 1. The van der Waals surface area contributed by atoms with E-state index < -0.39 is 0 Å². The Kier molecular flexibility index (Phi) is 6.45. The molecule has 0 bridgehead atoms. The van der Waals surface area contributed by atoms with Gasteiger partial charge >= 0.3 is 6.03 Å². The fourth-order valence-corrected chi connectivity index (χ4v) is 3.09. The Morgan fingerprint density at radius 3 is 2.54 bits per heavy atom. The summed E-state index contributed by atoms with van der Waals surface area (Å²) in [6.07, 6.45) is 3.65. The van der Waals surface area contributed by atoms with Gasteiger partial charge in [-0.3, -0.25) is 4.68 Å². The van der Waals surface area contributed by atoms with Crippen molar-refractivity contribution < 1.29 is 4.79 Å². The normalized spacial score (nSPS) is 12.0. The number of carbonyl (C=O) groups is 1. The van der Waals surface area contributed by atoms with Crippen LogP contribution < -0.4 is 10.6 Å². The molecular weight excluding hydrogens is 350 g/mol. The van der Waals surface area contributed by atoms with E-state index in [1.807, 2.05) is 55.3 Å². The third-order valence-corrected chi connectivity index (χ3v) is 4.70. The average Bonchev–Trinajstić information content (AvgIpc) is 3.18. The van der Waals surface area contributed by atoms with E-state index >= 15 is 0 Å². The number of nitrogens with one attached hydrogen (secondary N) is 2. The third-order valence-electron chi connectivity index (χ3n) is 4.70. The minimum Gasteiger partial charge on any atom is -0.336 e. The fourth-order valence-electron chi connectivity index (χ4n) is 3.09. The molecule has 1 aromatic heterocycles. The minimum absolute atomic E-state index is 0.102. The summed E-state index contributed by atoms with van der Waals surface area (Å²) in [5, 5.41) is 10.2. The first-order chi connectivity index (χ1) is 13.5. The first-order valence-electron chi connectivity index (χ1n) is 9.36. The highest BCUT2D eigenvalue weighted by atomic mass is 16.2. The number of hydrogen-bond acceptors (Lipinski definition) is 3. The molecule has 2 aromatic carbocycles. The molecule has 2 amide bonds. The van der Waals surface area contributed by atoms with Gasteiger partial charge in [-0.2, -0.15) is 5.10 Å². The molecule has 1 heterocycles. The Labute approximate surface area is 166 Å². The van der Waals surface area contributed by atoms with E-state index in [-0.39, 0.29) is 12.1 Å². The van der Waals surface area contributed by atoms with Crippen LogP contribution >= 0.6 is 0 Å². The molecular formula is C22H27N5O. The summed E-state index contributed by atoms with van der Waals surface area (Å²) in [6.45, 7) is 3.19. The molecule has 0 radical (unpaired) electrons. The number of nitrogens with zero attached hydrogens (tertiary/aromatic N) is 3. The predicted molar refractivity (Wildman–Crippen MR) is 112 cm³/mol. The maximum absolute atomic E-state index is 12.5. The highest BCUT2D eigenvalue weighted by Gasteiger charge is 2.15. The van der Waals surface area contributed by atoms with Gasteiger partial charge in [0.25, 0.3) is 0 Å². The van der Waals surface area contributed by atoms with E-state index in [1.54, 1.807) is 6.20 Å². The second-order valence-electron chi connectivity index (χ2n) is 7.09. The van der Waals surface area contributed by atoms with Crippen LogP contribution in [-0.2, 0) is 6.54 Å². The Hall–Kier alpha value is -3.12. The number of amides is 2. The van der Waals surface area contributed by atoms with Crippen molar-refractivity contribution in [1.29, 1.82) is 0 Å². The van der Waals surface area contributed by atoms with Crippen molar-refractivity contribution in [2.45, 2.75) is 19.5 Å². The van der Waals surface area contributed by atoms with Gasteiger partial charge < -0.3 is 15.5 Å². The molecule has 0 spiro atoms. The molecule has 1 atom stereocenters. The maximum Gasteiger partial charge on any atom is 0.319 e. The lowest BCUT2D eigenvalue weighted by molar-refractivity contribution is 0.243. The molecule has 6 heteroatoms. The number of rotatable bonds is 7. The minimum atomic E-state index is -0.216. The van der Waals surface area contributed by atoms with Crippen molar-refractivity contribution >= 4 is 11.7 Å². The smallest absolute Gasteiger partial charge is 0.319 e. The molecule has 6 nitrogen and oxygen atoms in total. The van der Waals surface area contributed by atoms with Crippen LogP contribution in [0.5, 0.6) is 0 Å². The number of aryl methyl sites for hydroxylation is 1. The molecule has 3 aromatic rings. The van der Waals surface area contributed by atoms with E-state index in [0.717, 1.165) is 11.3 Å². The summed E-state index contributed by atoms with van der Waals surface area (Å²) >= 11 is 0. The molecule has 2 N–H and O–H groups in total. The number of anilines is 1. The van der Waals surface area contributed by atoms with Crippen LogP contribution in [0.15, 0.2) is 67.0 Å². The van der Waals surface area contributed by atoms with Crippen LogP contribution in [0.25, 0.3) is 0 Å². The van der Waals surface area contributed by atoms with E-state index in [9.17, 15) is 4.79 Å². The van der Waals surface area contributed by atoms with Gasteiger partial charge in [-0.25, -0.2) is 4.79 Å². The Balaban J connectivity index is 1.63. The predicted octanol–water partition coefficient (Wildman–Crippen LogP) is 3.66. The number of para-hydroxylation sites is 1. The van der Waals surface area contributed by atoms with Crippen LogP contribution in [-0.4, -0.2) is 41.4 Å². The summed E-state index contributed by atoms with van der Waals surface area (Å²) in [7, 11) is 4.03. The van der Waals surface area contributed by atoms with Crippen LogP contribution in [0.4, 0.5) is 10.5 Å². The average molecular weight is 377 g/mol. The SMILES string of the molecule is Cc1ccc([C@H](CNC(=O)Nc2ccccc2Cn2cccn2)N(C)C)cc1. The van der Waals surface area contributed by atoms with Gasteiger partial charge in [0, 0.05) is 24.6 Å². The molecule has 146 valence electrons. The third kappa shape index (κ3) is 5.20. The molecule has 0 aliphatic heterocycles. The van der Waals surface area contributed by atoms with Crippen LogP contribution in [0.1, 0.15) is 22.7 Å². The molecule has 0 saturated carbocycles. The molecule has 0 aliphatic rings. The quantitative estimate of drug-likeness (QED) is 0.660. The van der Waals surface area contributed by atoms with Crippen molar-refractivity contribution in [3.8, 4) is 0 Å². The van der Waals surface area contributed by atoms with Crippen LogP contribution in [0, 0.1) is 6.92 Å². The monoisotopic (exact) mass is 377 g/mol. The van der Waals surface area contributed by atoms with Gasteiger partial charge in [-0.1, -0.05) is 48.0 Å². The first kappa shape index (κ1) is 19.6. The zero-order valence-corrected chi connectivity index (χ0v) is 16.6. The summed E-state index contributed by atoms with van der Waals surface area (Å²) in [6, 6.07) is 18.0. The first-order valence-corrected chi connectivity index (χ1v) is 9.36. The molecule has 3 rings (SSSR count).